The van der Waals surface area contributed by atoms with Gasteiger partial charge in [-0.15, -0.1) is 0 Å². The molecule has 3 heteroatoms. The zero-order valence-electron chi connectivity index (χ0n) is 10.6. The molecule has 1 fully saturated rings. The van der Waals surface area contributed by atoms with Crippen LogP contribution in [0.25, 0.3) is 0 Å². The van der Waals surface area contributed by atoms with Crippen LogP contribution in [0.1, 0.15) is 25.3 Å². The summed E-state index contributed by atoms with van der Waals surface area (Å²) >= 11 is 0. The van der Waals surface area contributed by atoms with Crippen molar-refractivity contribution in [2.24, 2.45) is 0 Å². The monoisotopic (exact) mass is 232 g/mol. The van der Waals surface area contributed by atoms with Gasteiger partial charge in [0.25, 0.3) is 0 Å². The predicted octanol–water partition coefficient (Wildman–Crippen LogP) is 2.10. The van der Waals surface area contributed by atoms with Gasteiger partial charge in [-0.25, -0.2) is 0 Å². The molecular weight excluding hydrogens is 212 g/mol. The molecule has 0 saturated heterocycles. The molecule has 0 spiro atoms. The Balaban J connectivity index is 1.97. The lowest BCUT2D eigenvalue weighted by molar-refractivity contribution is -0.119. The highest BCUT2D eigenvalue weighted by molar-refractivity contribution is 5.81. The summed E-state index contributed by atoms with van der Waals surface area (Å²) in [7, 11) is 0. The van der Waals surface area contributed by atoms with E-state index in [1.165, 1.54) is 5.56 Å². The molecule has 0 unspecified atom stereocenters. The second-order valence-corrected chi connectivity index (χ2v) is 4.69. The van der Waals surface area contributed by atoms with Crippen molar-refractivity contribution in [2.75, 3.05) is 18.0 Å². The molecule has 3 nitrogen and oxygen atoms in total. The van der Waals surface area contributed by atoms with Crippen molar-refractivity contribution in [3.63, 3.8) is 0 Å². The topological polar surface area (TPSA) is 32.3 Å². The fourth-order valence-corrected chi connectivity index (χ4v) is 1.88. The highest BCUT2D eigenvalue weighted by atomic mass is 16.2. The summed E-state index contributed by atoms with van der Waals surface area (Å²) in [4.78, 5) is 13.9. The summed E-state index contributed by atoms with van der Waals surface area (Å²) in [5.41, 5.74) is 2.35. The van der Waals surface area contributed by atoms with Gasteiger partial charge in [-0.1, -0.05) is 12.1 Å². The third kappa shape index (κ3) is 3.48. The Hall–Kier alpha value is -1.51. The third-order valence-electron chi connectivity index (χ3n) is 3.03. The summed E-state index contributed by atoms with van der Waals surface area (Å²) < 4.78 is 0. The van der Waals surface area contributed by atoms with Crippen molar-refractivity contribution in [1.82, 2.24) is 5.32 Å². The standard InChI is InChI=1S/C14H20N2O/c1-3-16(10-14(17)15-12-7-8-12)13-6-4-5-11(2)9-13/h4-6,9,12H,3,7-8,10H2,1-2H3,(H,15,17). The second kappa shape index (κ2) is 5.21. The number of hydrogen-bond donors (Lipinski definition) is 1. The average Bonchev–Trinajstić information content (AvgIpc) is 3.09. The number of anilines is 1. The number of aryl methyl sites for hydroxylation is 1. The normalized spacial score (nSPS) is 14.5. The zero-order valence-corrected chi connectivity index (χ0v) is 10.6. The SMILES string of the molecule is CCN(CC(=O)NC1CC1)c1cccc(C)c1. The van der Waals surface area contributed by atoms with E-state index in [1.54, 1.807) is 0 Å². The van der Waals surface area contributed by atoms with E-state index in [0.717, 1.165) is 25.1 Å². The van der Waals surface area contributed by atoms with E-state index in [0.29, 0.717) is 12.6 Å². The smallest absolute Gasteiger partial charge is 0.239 e. The van der Waals surface area contributed by atoms with E-state index in [9.17, 15) is 4.79 Å². The molecule has 1 aliphatic rings. The van der Waals surface area contributed by atoms with Crippen LogP contribution in [-0.2, 0) is 4.79 Å². The van der Waals surface area contributed by atoms with Crippen LogP contribution in [0.3, 0.4) is 0 Å². The Morgan fingerprint density at radius 1 is 1.47 bits per heavy atom. The van der Waals surface area contributed by atoms with E-state index in [-0.39, 0.29) is 5.91 Å². The van der Waals surface area contributed by atoms with Gasteiger partial charge < -0.3 is 10.2 Å². The molecule has 1 amide bonds. The summed E-state index contributed by atoms with van der Waals surface area (Å²) in [6.07, 6.45) is 2.28. The lowest BCUT2D eigenvalue weighted by Crippen LogP contribution is -2.38. The Kier molecular flexibility index (Phi) is 3.67. The van der Waals surface area contributed by atoms with Crippen LogP contribution in [0.5, 0.6) is 0 Å². The Labute approximate surface area is 103 Å². The largest absolute Gasteiger partial charge is 0.362 e. The van der Waals surface area contributed by atoms with Crippen LogP contribution >= 0.6 is 0 Å². The van der Waals surface area contributed by atoms with Gasteiger partial charge in [-0.2, -0.15) is 0 Å². The molecule has 92 valence electrons. The van der Waals surface area contributed by atoms with Crippen LogP contribution in [0.2, 0.25) is 0 Å². The van der Waals surface area contributed by atoms with Crippen molar-refractivity contribution in [3.8, 4) is 0 Å². The number of carbonyl (C=O) groups is 1. The quantitative estimate of drug-likeness (QED) is 0.843. The van der Waals surface area contributed by atoms with E-state index >= 15 is 0 Å². The average molecular weight is 232 g/mol. The molecule has 0 heterocycles. The number of nitrogens with zero attached hydrogens (tertiary/aromatic N) is 1. The number of rotatable bonds is 5. The first kappa shape index (κ1) is 12.0. The van der Waals surface area contributed by atoms with Crippen molar-refractivity contribution in [1.29, 1.82) is 0 Å². The van der Waals surface area contributed by atoms with E-state index in [2.05, 4.69) is 42.3 Å². The Morgan fingerprint density at radius 2 is 2.24 bits per heavy atom. The molecule has 1 N–H and O–H groups in total. The second-order valence-electron chi connectivity index (χ2n) is 4.69. The number of carbonyl (C=O) groups excluding carboxylic acids is 1. The molecule has 0 radical (unpaired) electrons. The van der Waals surface area contributed by atoms with Gasteiger partial charge >= 0.3 is 0 Å². The maximum absolute atomic E-state index is 11.8. The van der Waals surface area contributed by atoms with Gasteiger partial charge in [0, 0.05) is 18.3 Å². The molecule has 0 bridgehead atoms. The van der Waals surface area contributed by atoms with Crippen molar-refractivity contribution >= 4 is 11.6 Å². The fourth-order valence-electron chi connectivity index (χ4n) is 1.88. The molecular formula is C14H20N2O. The Bertz CT molecular complexity index is 399. The van der Waals surface area contributed by atoms with Gasteiger partial charge in [-0.05, 0) is 44.4 Å². The number of nitrogens with one attached hydrogen (secondary N) is 1. The van der Waals surface area contributed by atoms with Crippen LogP contribution in [0.15, 0.2) is 24.3 Å². The molecule has 0 aromatic heterocycles. The highest BCUT2D eigenvalue weighted by Gasteiger charge is 2.23. The van der Waals surface area contributed by atoms with Gasteiger partial charge in [0.05, 0.1) is 6.54 Å². The summed E-state index contributed by atoms with van der Waals surface area (Å²) in [5, 5.41) is 3.02. The number of hydrogen-bond acceptors (Lipinski definition) is 2. The summed E-state index contributed by atoms with van der Waals surface area (Å²) in [6, 6.07) is 8.72. The maximum atomic E-state index is 11.8. The maximum Gasteiger partial charge on any atom is 0.239 e. The number of amides is 1. The molecule has 1 aromatic carbocycles. The minimum absolute atomic E-state index is 0.135. The van der Waals surface area contributed by atoms with Gasteiger partial charge in [0.1, 0.15) is 0 Å². The molecule has 1 aromatic rings. The third-order valence-corrected chi connectivity index (χ3v) is 3.03. The van der Waals surface area contributed by atoms with Crippen LogP contribution in [0, 0.1) is 6.92 Å². The molecule has 17 heavy (non-hydrogen) atoms. The lowest BCUT2D eigenvalue weighted by atomic mass is 10.2. The minimum atomic E-state index is 0.135. The zero-order chi connectivity index (χ0) is 12.3. The lowest BCUT2D eigenvalue weighted by Gasteiger charge is -2.22. The molecule has 0 aliphatic heterocycles. The fraction of sp³-hybridized carbons (Fsp3) is 0.500. The first-order valence-corrected chi connectivity index (χ1v) is 6.30. The van der Waals surface area contributed by atoms with Crippen LogP contribution in [0.4, 0.5) is 5.69 Å². The predicted molar refractivity (Wildman–Crippen MR) is 70.2 cm³/mol. The van der Waals surface area contributed by atoms with E-state index in [4.69, 9.17) is 0 Å². The highest BCUT2D eigenvalue weighted by Crippen LogP contribution is 2.19. The van der Waals surface area contributed by atoms with E-state index < -0.39 is 0 Å². The van der Waals surface area contributed by atoms with Gasteiger partial charge in [-0.3, -0.25) is 4.79 Å². The van der Waals surface area contributed by atoms with Crippen LogP contribution < -0.4 is 10.2 Å². The Morgan fingerprint density at radius 3 is 2.82 bits per heavy atom. The number of benzene rings is 1. The van der Waals surface area contributed by atoms with E-state index in [1.807, 2.05) is 6.07 Å². The molecule has 0 atom stereocenters. The first-order chi connectivity index (χ1) is 8.19. The summed E-state index contributed by atoms with van der Waals surface area (Å²) in [6.45, 7) is 5.45. The molecule has 1 aliphatic carbocycles. The first-order valence-electron chi connectivity index (χ1n) is 6.30. The van der Waals surface area contributed by atoms with Crippen molar-refractivity contribution in [3.05, 3.63) is 29.8 Å². The van der Waals surface area contributed by atoms with Gasteiger partial charge in [0.2, 0.25) is 5.91 Å². The summed E-state index contributed by atoms with van der Waals surface area (Å²) in [5.74, 6) is 0.135. The molecule has 2 rings (SSSR count). The minimum Gasteiger partial charge on any atom is -0.362 e. The van der Waals surface area contributed by atoms with Crippen LogP contribution in [-0.4, -0.2) is 25.0 Å². The van der Waals surface area contributed by atoms with Crippen molar-refractivity contribution < 1.29 is 4.79 Å². The molecule has 1 saturated carbocycles. The number of likely N-dealkylation sites (N-methyl/N-ethyl adjacent to an activating group) is 1. The van der Waals surface area contributed by atoms with Gasteiger partial charge in [0.15, 0.2) is 0 Å². The van der Waals surface area contributed by atoms with Crippen molar-refractivity contribution in [2.45, 2.75) is 32.7 Å².